The molecule has 2 aromatic rings. The molecule has 1 atom stereocenters. The summed E-state index contributed by atoms with van der Waals surface area (Å²) in [6.45, 7) is 2.43. The molecule has 1 saturated heterocycles. The van der Waals surface area contributed by atoms with Gasteiger partial charge in [-0.1, -0.05) is 12.1 Å². The molecule has 18 heavy (non-hydrogen) atoms. The zero-order valence-corrected chi connectivity index (χ0v) is 10.2. The molecular formula is C14H16N2O2. The van der Waals surface area contributed by atoms with Gasteiger partial charge in [0.15, 0.2) is 0 Å². The maximum atomic E-state index is 11.9. The summed E-state index contributed by atoms with van der Waals surface area (Å²) >= 11 is 0. The fourth-order valence-electron chi connectivity index (χ4n) is 2.47. The van der Waals surface area contributed by atoms with Gasteiger partial charge in [-0.3, -0.25) is 4.79 Å². The van der Waals surface area contributed by atoms with E-state index in [1.54, 1.807) is 0 Å². The standard InChI is InChI=1S/C14H16N2O2/c17-14-9-15-12-3-1-2-4-13(12)16(14)7-5-11-6-8-18-10-11/h1-4,9,11H,5-8,10H2/t11-/m0/s1. The van der Waals surface area contributed by atoms with E-state index in [-0.39, 0.29) is 5.56 Å². The quantitative estimate of drug-likeness (QED) is 0.827. The molecule has 94 valence electrons. The molecule has 1 aromatic carbocycles. The van der Waals surface area contributed by atoms with Crippen molar-refractivity contribution in [3.63, 3.8) is 0 Å². The first kappa shape index (κ1) is 11.4. The average Bonchev–Trinajstić information content (AvgIpc) is 2.91. The number of aromatic nitrogens is 2. The maximum Gasteiger partial charge on any atom is 0.269 e. The Bertz CT molecular complexity index is 600. The lowest BCUT2D eigenvalue weighted by Crippen LogP contribution is -2.22. The largest absolute Gasteiger partial charge is 0.381 e. The molecule has 0 aliphatic carbocycles. The third-order valence-corrected chi connectivity index (χ3v) is 3.54. The van der Waals surface area contributed by atoms with Gasteiger partial charge in [0.1, 0.15) is 0 Å². The van der Waals surface area contributed by atoms with E-state index in [4.69, 9.17) is 4.74 Å². The summed E-state index contributed by atoms with van der Waals surface area (Å²) in [5.74, 6) is 0.587. The third-order valence-electron chi connectivity index (χ3n) is 3.54. The van der Waals surface area contributed by atoms with E-state index in [2.05, 4.69) is 4.98 Å². The van der Waals surface area contributed by atoms with Crippen molar-refractivity contribution in [2.45, 2.75) is 19.4 Å². The van der Waals surface area contributed by atoms with Crippen LogP contribution in [0.4, 0.5) is 0 Å². The first-order valence-electron chi connectivity index (χ1n) is 6.37. The molecule has 0 radical (unpaired) electrons. The zero-order valence-electron chi connectivity index (χ0n) is 10.2. The highest BCUT2D eigenvalue weighted by Crippen LogP contribution is 2.18. The van der Waals surface area contributed by atoms with Crippen LogP contribution in [0.15, 0.2) is 35.3 Å². The molecule has 3 rings (SSSR count). The minimum Gasteiger partial charge on any atom is -0.381 e. The maximum absolute atomic E-state index is 11.9. The molecular weight excluding hydrogens is 228 g/mol. The Kier molecular flexibility index (Phi) is 3.11. The Morgan fingerprint density at radius 1 is 1.39 bits per heavy atom. The SMILES string of the molecule is O=c1cnc2ccccc2n1CC[C@H]1CCOC1. The van der Waals surface area contributed by atoms with Crippen LogP contribution in [0.2, 0.25) is 0 Å². The van der Waals surface area contributed by atoms with Crippen molar-refractivity contribution >= 4 is 11.0 Å². The van der Waals surface area contributed by atoms with Crippen molar-refractivity contribution in [1.29, 1.82) is 0 Å². The molecule has 4 nitrogen and oxygen atoms in total. The molecule has 0 amide bonds. The van der Waals surface area contributed by atoms with Crippen molar-refractivity contribution in [1.82, 2.24) is 9.55 Å². The van der Waals surface area contributed by atoms with Crippen LogP contribution in [0.1, 0.15) is 12.8 Å². The van der Waals surface area contributed by atoms with Crippen LogP contribution in [0.25, 0.3) is 11.0 Å². The number of hydrogen-bond donors (Lipinski definition) is 0. The first-order valence-corrected chi connectivity index (χ1v) is 6.37. The van der Waals surface area contributed by atoms with E-state index in [0.717, 1.165) is 43.6 Å². The van der Waals surface area contributed by atoms with Crippen molar-refractivity contribution in [2.75, 3.05) is 13.2 Å². The van der Waals surface area contributed by atoms with Crippen LogP contribution in [0.5, 0.6) is 0 Å². The molecule has 0 saturated carbocycles. The monoisotopic (exact) mass is 244 g/mol. The van der Waals surface area contributed by atoms with Crippen molar-refractivity contribution in [3.8, 4) is 0 Å². The molecule has 1 aliphatic heterocycles. The minimum absolute atomic E-state index is 0.0207. The summed E-state index contributed by atoms with van der Waals surface area (Å²) in [6, 6.07) is 7.77. The molecule has 0 N–H and O–H groups in total. The van der Waals surface area contributed by atoms with E-state index in [1.165, 1.54) is 6.20 Å². The van der Waals surface area contributed by atoms with Gasteiger partial charge < -0.3 is 9.30 Å². The Labute approximate surface area is 105 Å². The summed E-state index contributed by atoms with van der Waals surface area (Å²) in [4.78, 5) is 16.1. The van der Waals surface area contributed by atoms with Gasteiger partial charge in [0.2, 0.25) is 0 Å². The molecule has 4 heteroatoms. The van der Waals surface area contributed by atoms with E-state index in [1.807, 2.05) is 28.8 Å². The topological polar surface area (TPSA) is 44.1 Å². The average molecular weight is 244 g/mol. The number of aryl methyl sites for hydroxylation is 1. The lowest BCUT2D eigenvalue weighted by Gasteiger charge is -2.11. The van der Waals surface area contributed by atoms with Crippen LogP contribution in [-0.2, 0) is 11.3 Å². The molecule has 0 bridgehead atoms. The van der Waals surface area contributed by atoms with E-state index in [9.17, 15) is 4.79 Å². The highest BCUT2D eigenvalue weighted by Gasteiger charge is 2.16. The van der Waals surface area contributed by atoms with Crippen molar-refractivity contribution in [2.24, 2.45) is 5.92 Å². The Balaban J connectivity index is 1.89. The predicted molar refractivity (Wildman–Crippen MR) is 69.5 cm³/mol. The Morgan fingerprint density at radius 3 is 3.11 bits per heavy atom. The smallest absolute Gasteiger partial charge is 0.269 e. The molecule has 0 unspecified atom stereocenters. The number of nitrogens with zero attached hydrogens (tertiary/aromatic N) is 2. The number of rotatable bonds is 3. The molecule has 1 fully saturated rings. The summed E-state index contributed by atoms with van der Waals surface area (Å²) < 4.78 is 7.18. The van der Waals surface area contributed by atoms with Crippen LogP contribution >= 0.6 is 0 Å². The van der Waals surface area contributed by atoms with Gasteiger partial charge in [0.05, 0.1) is 17.2 Å². The number of fused-ring (bicyclic) bond motifs is 1. The Morgan fingerprint density at radius 2 is 2.28 bits per heavy atom. The second kappa shape index (κ2) is 4.90. The second-order valence-electron chi connectivity index (χ2n) is 4.76. The van der Waals surface area contributed by atoms with Crippen molar-refractivity contribution in [3.05, 3.63) is 40.8 Å². The minimum atomic E-state index is -0.0207. The van der Waals surface area contributed by atoms with Crippen LogP contribution < -0.4 is 5.56 Å². The fourth-order valence-corrected chi connectivity index (χ4v) is 2.47. The van der Waals surface area contributed by atoms with Gasteiger partial charge in [-0.05, 0) is 30.9 Å². The second-order valence-corrected chi connectivity index (χ2v) is 4.76. The van der Waals surface area contributed by atoms with Gasteiger partial charge in [-0.2, -0.15) is 0 Å². The van der Waals surface area contributed by atoms with Crippen LogP contribution in [0, 0.1) is 5.92 Å². The zero-order chi connectivity index (χ0) is 12.4. The van der Waals surface area contributed by atoms with Crippen molar-refractivity contribution < 1.29 is 4.74 Å². The molecule has 0 spiro atoms. The van der Waals surface area contributed by atoms with Gasteiger partial charge >= 0.3 is 0 Å². The third kappa shape index (κ3) is 2.16. The summed E-state index contributed by atoms with van der Waals surface area (Å²) in [6.07, 6.45) is 3.51. The first-order chi connectivity index (χ1) is 8.84. The van der Waals surface area contributed by atoms with Gasteiger partial charge in [0.25, 0.3) is 5.56 Å². The summed E-state index contributed by atoms with van der Waals surface area (Å²) in [5, 5.41) is 0. The van der Waals surface area contributed by atoms with Crippen LogP contribution in [0.3, 0.4) is 0 Å². The normalized spacial score (nSPS) is 19.4. The summed E-state index contributed by atoms with van der Waals surface area (Å²) in [5.41, 5.74) is 1.77. The van der Waals surface area contributed by atoms with E-state index < -0.39 is 0 Å². The van der Waals surface area contributed by atoms with E-state index in [0.29, 0.717) is 5.92 Å². The number of hydrogen-bond acceptors (Lipinski definition) is 3. The van der Waals surface area contributed by atoms with Gasteiger partial charge in [0, 0.05) is 19.8 Å². The lowest BCUT2D eigenvalue weighted by atomic mass is 10.1. The predicted octanol–water partition coefficient (Wildman–Crippen LogP) is 1.82. The lowest BCUT2D eigenvalue weighted by molar-refractivity contribution is 0.183. The number of ether oxygens (including phenoxy) is 1. The van der Waals surface area contributed by atoms with Gasteiger partial charge in [-0.15, -0.1) is 0 Å². The molecule has 1 aromatic heterocycles. The highest BCUT2D eigenvalue weighted by molar-refractivity contribution is 5.74. The molecule has 1 aliphatic rings. The van der Waals surface area contributed by atoms with E-state index >= 15 is 0 Å². The summed E-state index contributed by atoms with van der Waals surface area (Å²) in [7, 11) is 0. The van der Waals surface area contributed by atoms with Crippen LogP contribution in [-0.4, -0.2) is 22.8 Å². The van der Waals surface area contributed by atoms with Gasteiger partial charge in [-0.25, -0.2) is 4.98 Å². The Hall–Kier alpha value is -1.68. The highest BCUT2D eigenvalue weighted by atomic mass is 16.5. The number of benzene rings is 1. The fraction of sp³-hybridized carbons (Fsp3) is 0.429. The number of para-hydroxylation sites is 2. The molecule has 2 heterocycles.